The molecule has 1 aliphatic heterocycles. The molecule has 1 aromatic rings. The van der Waals surface area contributed by atoms with Gasteiger partial charge in [0.25, 0.3) is 0 Å². The summed E-state index contributed by atoms with van der Waals surface area (Å²) in [5.74, 6) is 1.01. The Kier molecular flexibility index (Phi) is 3.08. The van der Waals surface area contributed by atoms with Gasteiger partial charge in [0.15, 0.2) is 0 Å². The highest BCUT2D eigenvalue weighted by molar-refractivity contribution is 5.60. The Balaban J connectivity index is 2.28. The van der Waals surface area contributed by atoms with E-state index in [9.17, 15) is 0 Å². The molecule has 1 N–H and O–H groups in total. The van der Waals surface area contributed by atoms with Crippen molar-refractivity contribution in [2.45, 2.75) is 45.6 Å². The van der Waals surface area contributed by atoms with Gasteiger partial charge in [-0.25, -0.2) is 0 Å². The number of nitrogens with one attached hydrogen (secondary N) is 1. The minimum absolute atomic E-state index is 0.0132. The number of anilines is 1. The second kappa shape index (κ2) is 4.36. The Bertz CT molecular complexity index is 369. The first-order valence-corrected chi connectivity index (χ1v) is 6.29. The molecule has 2 rings (SSSR count). The summed E-state index contributed by atoms with van der Waals surface area (Å²) in [7, 11) is 0. The van der Waals surface area contributed by atoms with Crippen LogP contribution in [-0.2, 0) is 6.42 Å². The van der Waals surface area contributed by atoms with E-state index in [0.29, 0.717) is 0 Å². The molecule has 0 bridgehead atoms. The summed E-state index contributed by atoms with van der Waals surface area (Å²) in [6.45, 7) is 7.47. The van der Waals surface area contributed by atoms with Crippen LogP contribution in [0.5, 0.6) is 5.75 Å². The van der Waals surface area contributed by atoms with Crippen LogP contribution in [0.2, 0.25) is 0 Å². The van der Waals surface area contributed by atoms with E-state index in [0.717, 1.165) is 37.2 Å². The molecular formula is C14H21NO. The first kappa shape index (κ1) is 11.3. The van der Waals surface area contributed by atoms with E-state index >= 15 is 0 Å². The Labute approximate surface area is 98.0 Å². The third kappa shape index (κ3) is 1.89. The standard InChI is InChI=1S/C14H21NO/c1-4-11-7-8-13-12(9-11)15-10-14(5-2,6-3)16-13/h7-9,15H,4-6,10H2,1-3H3. The highest BCUT2D eigenvalue weighted by atomic mass is 16.5. The SMILES string of the molecule is CCc1ccc2c(c1)NCC(CC)(CC)O2. The normalized spacial score (nSPS) is 17.2. The first-order chi connectivity index (χ1) is 7.73. The minimum atomic E-state index is -0.0132. The van der Waals surface area contributed by atoms with Gasteiger partial charge >= 0.3 is 0 Å². The molecule has 0 fully saturated rings. The maximum Gasteiger partial charge on any atom is 0.143 e. The second-order valence-electron chi connectivity index (χ2n) is 4.53. The van der Waals surface area contributed by atoms with Crippen molar-refractivity contribution in [1.82, 2.24) is 0 Å². The highest BCUT2D eigenvalue weighted by Gasteiger charge is 2.32. The van der Waals surface area contributed by atoms with Crippen molar-refractivity contribution in [3.05, 3.63) is 23.8 Å². The third-order valence-corrected chi connectivity index (χ3v) is 3.67. The number of hydrogen-bond donors (Lipinski definition) is 1. The number of aryl methyl sites for hydroxylation is 1. The quantitative estimate of drug-likeness (QED) is 0.838. The predicted octanol–water partition coefficient (Wildman–Crippen LogP) is 3.61. The van der Waals surface area contributed by atoms with Crippen molar-refractivity contribution in [1.29, 1.82) is 0 Å². The monoisotopic (exact) mass is 219 g/mol. The molecule has 0 aliphatic carbocycles. The van der Waals surface area contributed by atoms with Crippen molar-refractivity contribution in [3.8, 4) is 5.75 Å². The molecule has 0 saturated heterocycles. The Hall–Kier alpha value is -1.18. The van der Waals surface area contributed by atoms with Crippen LogP contribution in [0.1, 0.15) is 39.2 Å². The average Bonchev–Trinajstić information content (AvgIpc) is 2.37. The third-order valence-electron chi connectivity index (χ3n) is 3.67. The zero-order chi connectivity index (χ0) is 11.6. The van der Waals surface area contributed by atoms with Gasteiger partial charge in [0.1, 0.15) is 11.4 Å². The lowest BCUT2D eigenvalue weighted by Gasteiger charge is -2.38. The average molecular weight is 219 g/mol. The van der Waals surface area contributed by atoms with Crippen LogP contribution >= 0.6 is 0 Å². The fourth-order valence-corrected chi connectivity index (χ4v) is 2.19. The van der Waals surface area contributed by atoms with Crippen molar-refractivity contribution >= 4 is 5.69 Å². The van der Waals surface area contributed by atoms with Crippen LogP contribution in [0, 0.1) is 0 Å². The zero-order valence-electron chi connectivity index (χ0n) is 10.5. The van der Waals surface area contributed by atoms with E-state index < -0.39 is 0 Å². The molecule has 0 radical (unpaired) electrons. The summed E-state index contributed by atoms with van der Waals surface area (Å²) in [5, 5.41) is 3.51. The van der Waals surface area contributed by atoms with Crippen LogP contribution in [0.15, 0.2) is 18.2 Å². The fraction of sp³-hybridized carbons (Fsp3) is 0.571. The van der Waals surface area contributed by atoms with Crippen LogP contribution in [0.3, 0.4) is 0 Å². The lowest BCUT2D eigenvalue weighted by Crippen LogP contribution is -2.44. The van der Waals surface area contributed by atoms with Gasteiger partial charge in [-0.15, -0.1) is 0 Å². The van der Waals surface area contributed by atoms with Crippen LogP contribution in [0.25, 0.3) is 0 Å². The molecular weight excluding hydrogens is 198 g/mol. The lowest BCUT2D eigenvalue weighted by molar-refractivity contribution is 0.0670. The first-order valence-electron chi connectivity index (χ1n) is 6.29. The molecule has 0 aromatic heterocycles. The molecule has 0 saturated carbocycles. The van der Waals surface area contributed by atoms with Gasteiger partial charge in [0.2, 0.25) is 0 Å². The molecule has 1 aromatic carbocycles. The van der Waals surface area contributed by atoms with Gasteiger partial charge < -0.3 is 10.1 Å². The van der Waals surface area contributed by atoms with E-state index in [2.05, 4.69) is 44.3 Å². The summed E-state index contributed by atoms with van der Waals surface area (Å²) in [4.78, 5) is 0. The molecule has 0 unspecified atom stereocenters. The molecule has 1 heterocycles. The summed E-state index contributed by atoms with van der Waals surface area (Å²) >= 11 is 0. The van der Waals surface area contributed by atoms with Crippen molar-refractivity contribution < 1.29 is 4.74 Å². The molecule has 0 amide bonds. The highest BCUT2D eigenvalue weighted by Crippen LogP contribution is 2.36. The van der Waals surface area contributed by atoms with Gasteiger partial charge in [0, 0.05) is 0 Å². The Morgan fingerprint density at radius 1 is 1.25 bits per heavy atom. The minimum Gasteiger partial charge on any atom is -0.483 e. The Morgan fingerprint density at radius 2 is 2.00 bits per heavy atom. The van der Waals surface area contributed by atoms with E-state index in [-0.39, 0.29) is 5.60 Å². The summed E-state index contributed by atoms with van der Waals surface area (Å²) in [6, 6.07) is 6.45. The lowest BCUT2D eigenvalue weighted by atomic mass is 9.95. The van der Waals surface area contributed by atoms with Gasteiger partial charge in [-0.3, -0.25) is 0 Å². The number of fused-ring (bicyclic) bond motifs is 1. The summed E-state index contributed by atoms with van der Waals surface area (Å²) < 4.78 is 6.15. The second-order valence-corrected chi connectivity index (χ2v) is 4.53. The van der Waals surface area contributed by atoms with Crippen molar-refractivity contribution in [3.63, 3.8) is 0 Å². The molecule has 16 heavy (non-hydrogen) atoms. The van der Waals surface area contributed by atoms with Crippen LogP contribution < -0.4 is 10.1 Å². The molecule has 2 heteroatoms. The van der Waals surface area contributed by atoms with E-state index in [1.807, 2.05) is 0 Å². The number of rotatable bonds is 3. The van der Waals surface area contributed by atoms with Crippen molar-refractivity contribution in [2.24, 2.45) is 0 Å². The number of hydrogen-bond acceptors (Lipinski definition) is 2. The molecule has 1 aliphatic rings. The van der Waals surface area contributed by atoms with Gasteiger partial charge in [-0.1, -0.05) is 26.8 Å². The number of benzene rings is 1. The maximum absolute atomic E-state index is 6.15. The number of ether oxygens (including phenoxy) is 1. The van der Waals surface area contributed by atoms with Crippen LogP contribution in [-0.4, -0.2) is 12.1 Å². The Morgan fingerprint density at radius 3 is 2.62 bits per heavy atom. The zero-order valence-corrected chi connectivity index (χ0v) is 10.5. The molecule has 0 spiro atoms. The largest absolute Gasteiger partial charge is 0.483 e. The predicted molar refractivity (Wildman–Crippen MR) is 68.3 cm³/mol. The van der Waals surface area contributed by atoms with Crippen LogP contribution in [0.4, 0.5) is 5.69 Å². The topological polar surface area (TPSA) is 21.3 Å². The van der Waals surface area contributed by atoms with Gasteiger partial charge in [-0.2, -0.15) is 0 Å². The van der Waals surface area contributed by atoms with E-state index in [1.165, 1.54) is 5.56 Å². The maximum atomic E-state index is 6.15. The fourth-order valence-electron chi connectivity index (χ4n) is 2.19. The summed E-state index contributed by atoms with van der Waals surface area (Å²) in [5.41, 5.74) is 2.49. The van der Waals surface area contributed by atoms with Crippen molar-refractivity contribution in [2.75, 3.05) is 11.9 Å². The van der Waals surface area contributed by atoms with E-state index in [1.54, 1.807) is 0 Å². The molecule has 2 nitrogen and oxygen atoms in total. The smallest absolute Gasteiger partial charge is 0.143 e. The van der Waals surface area contributed by atoms with Gasteiger partial charge in [-0.05, 0) is 37.0 Å². The van der Waals surface area contributed by atoms with E-state index in [4.69, 9.17) is 4.74 Å². The molecule has 0 atom stereocenters. The molecule has 88 valence electrons. The van der Waals surface area contributed by atoms with Gasteiger partial charge in [0.05, 0.1) is 12.2 Å². The summed E-state index contributed by atoms with van der Waals surface area (Å²) in [6.07, 6.45) is 3.17.